The van der Waals surface area contributed by atoms with E-state index in [1.807, 2.05) is 37.3 Å². The maximum absolute atomic E-state index is 13.2. The van der Waals surface area contributed by atoms with Crippen molar-refractivity contribution in [2.24, 2.45) is 0 Å². The number of benzene rings is 2. The van der Waals surface area contributed by atoms with Crippen LogP contribution in [0.4, 0.5) is 0 Å². The third kappa shape index (κ3) is 3.64. The number of pyridine rings is 1. The zero-order valence-corrected chi connectivity index (χ0v) is 17.7. The van der Waals surface area contributed by atoms with Gasteiger partial charge in [0, 0.05) is 28.8 Å². The molecule has 2 aliphatic rings. The van der Waals surface area contributed by atoms with Gasteiger partial charge in [-0.25, -0.2) is 0 Å². The van der Waals surface area contributed by atoms with Gasteiger partial charge in [0.15, 0.2) is 11.5 Å². The molecule has 0 spiro atoms. The predicted molar refractivity (Wildman–Crippen MR) is 114 cm³/mol. The molecule has 7 heteroatoms. The number of rotatable bonds is 6. The van der Waals surface area contributed by atoms with E-state index in [1.165, 1.54) is 0 Å². The molecule has 0 amide bonds. The van der Waals surface area contributed by atoms with Gasteiger partial charge in [-0.2, -0.15) is 0 Å². The van der Waals surface area contributed by atoms with Crippen LogP contribution in [0, 0.1) is 6.92 Å². The lowest BCUT2D eigenvalue weighted by Gasteiger charge is -2.16. The van der Waals surface area contributed by atoms with Crippen LogP contribution < -0.4 is 9.47 Å². The molecule has 158 valence electrons. The molecular formula is C24H20NO5S-. The van der Waals surface area contributed by atoms with Gasteiger partial charge in [0.05, 0.1) is 5.41 Å². The number of hydrogen-bond acceptors (Lipinski definition) is 6. The fourth-order valence-electron chi connectivity index (χ4n) is 4.16. The Balaban J connectivity index is 1.37. The van der Waals surface area contributed by atoms with Crippen LogP contribution in [0.5, 0.6) is 11.5 Å². The fourth-order valence-corrected chi connectivity index (χ4v) is 4.57. The summed E-state index contributed by atoms with van der Waals surface area (Å²) in [5.74, 6) is 1.55. The fraction of sp³-hybridized carbons (Fsp3) is 0.250. The van der Waals surface area contributed by atoms with Crippen LogP contribution in [0.25, 0.3) is 11.1 Å². The summed E-state index contributed by atoms with van der Waals surface area (Å²) in [4.78, 5) is 17.9. The second-order valence-electron chi connectivity index (χ2n) is 8.00. The van der Waals surface area contributed by atoms with Crippen molar-refractivity contribution >= 4 is 16.9 Å². The number of ketones is 1. The number of fused-ring (bicyclic) bond motifs is 1. The minimum atomic E-state index is -2.29. The zero-order valence-electron chi connectivity index (χ0n) is 16.9. The molecule has 1 aliphatic heterocycles. The topological polar surface area (TPSA) is 88.6 Å². The molecule has 2 aromatic carbocycles. The highest BCUT2D eigenvalue weighted by Crippen LogP contribution is 2.51. The Labute approximate surface area is 182 Å². The third-order valence-electron chi connectivity index (χ3n) is 6.06. The van der Waals surface area contributed by atoms with Crippen molar-refractivity contribution < 1.29 is 23.0 Å². The van der Waals surface area contributed by atoms with Crippen molar-refractivity contribution in [1.82, 2.24) is 4.98 Å². The minimum absolute atomic E-state index is 0.148. The molecule has 0 radical (unpaired) electrons. The number of aromatic nitrogens is 1. The first-order chi connectivity index (χ1) is 15.0. The first-order valence-electron chi connectivity index (χ1n) is 10.0. The highest BCUT2D eigenvalue weighted by molar-refractivity contribution is 7.79. The number of carbonyl (C=O) groups is 1. The van der Waals surface area contributed by atoms with E-state index in [4.69, 9.17) is 9.47 Å². The maximum Gasteiger partial charge on any atom is 0.231 e. The average Bonchev–Trinajstić information content (AvgIpc) is 3.45. The van der Waals surface area contributed by atoms with Crippen molar-refractivity contribution in [3.05, 3.63) is 71.5 Å². The van der Waals surface area contributed by atoms with Crippen LogP contribution >= 0.6 is 0 Å². The summed E-state index contributed by atoms with van der Waals surface area (Å²) in [5, 5.41) is 0. The lowest BCUT2D eigenvalue weighted by atomic mass is 9.88. The Morgan fingerprint density at radius 1 is 1.13 bits per heavy atom. The van der Waals surface area contributed by atoms with Gasteiger partial charge in [0.25, 0.3) is 0 Å². The molecule has 1 saturated carbocycles. The van der Waals surface area contributed by atoms with Crippen LogP contribution in [0.3, 0.4) is 0 Å². The monoisotopic (exact) mass is 434 g/mol. The molecule has 3 aromatic rings. The number of ether oxygens (including phenoxy) is 2. The highest BCUT2D eigenvalue weighted by atomic mass is 32.2. The minimum Gasteiger partial charge on any atom is -0.768 e. The van der Waals surface area contributed by atoms with Crippen LogP contribution in [0.2, 0.25) is 0 Å². The number of Topliss-reactive ketones (excluding diaryl/α,β-unsaturated/α-hetero) is 1. The van der Waals surface area contributed by atoms with Gasteiger partial charge < -0.3 is 14.0 Å². The zero-order chi connectivity index (χ0) is 21.6. The SMILES string of the molecule is Cc1cc(CC(=O)C2(c3ccc4c(c3)OCO4)CC2)ncc1-c1cccc(S(=O)[O-])c1. The molecular weight excluding hydrogens is 414 g/mol. The first kappa shape index (κ1) is 19.9. The number of nitrogens with zero attached hydrogens (tertiary/aromatic N) is 1. The number of aryl methyl sites for hydroxylation is 1. The summed E-state index contributed by atoms with van der Waals surface area (Å²) >= 11 is -2.29. The van der Waals surface area contributed by atoms with E-state index >= 15 is 0 Å². The largest absolute Gasteiger partial charge is 0.768 e. The van der Waals surface area contributed by atoms with E-state index in [2.05, 4.69) is 4.98 Å². The summed E-state index contributed by atoms with van der Waals surface area (Å²) < 4.78 is 33.4. The lowest BCUT2D eigenvalue weighted by Crippen LogP contribution is -2.23. The van der Waals surface area contributed by atoms with E-state index in [-0.39, 0.29) is 23.9 Å². The van der Waals surface area contributed by atoms with Gasteiger partial charge in [0.2, 0.25) is 6.79 Å². The van der Waals surface area contributed by atoms with Crippen molar-refractivity contribution in [2.45, 2.75) is 36.5 Å². The van der Waals surface area contributed by atoms with Crippen molar-refractivity contribution in [1.29, 1.82) is 0 Å². The first-order valence-corrected chi connectivity index (χ1v) is 11.1. The highest BCUT2D eigenvalue weighted by Gasteiger charge is 2.51. The second kappa shape index (κ2) is 7.59. The van der Waals surface area contributed by atoms with Crippen molar-refractivity contribution in [2.75, 3.05) is 6.79 Å². The molecule has 0 bridgehead atoms. The summed E-state index contributed by atoms with van der Waals surface area (Å²) in [6, 6.07) is 14.4. The van der Waals surface area contributed by atoms with E-state index in [0.717, 1.165) is 35.1 Å². The lowest BCUT2D eigenvalue weighted by molar-refractivity contribution is -0.120. The second-order valence-corrected chi connectivity index (χ2v) is 8.94. The van der Waals surface area contributed by atoms with Gasteiger partial charge in [-0.3, -0.25) is 14.0 Å². The summed E-state index contributed by atoms with van der Waals surface area (Å²) in [7, 11) is 0. The van der Waals surface area contributed by atoms with Crippen molar-refractivity contribution in [3.8, 4) is 22.6 Å². The molecule has 6 nitrogen and oxygen atoms in total. The van der Waals surface area contributed by atoms with E-state index < -0.39 is 16.5 Å². The van der Waals surface area contributed by atoms with Gasteiger partial charge in [-0.15, -0.1) is 0 Å². The molecule has 1 unspecified atom stereocenters. The predicted octanol–water partition coefficient (Wildman–Crippen LogP) is 3.87. The van der Waals surface area contributed by atoms with E-state index in [0.29, 0.717) is 17.2 Å². The van der Waals surface area contributed by atoms with Crippen molar-refractivity contribution in [3.63, 3.8) is 0 Å². The van der Waals surface area contributed by atoms with E-state index in [9.17, 15) is 13.6 Å². The summed E-state index contributed by atoms with van der Waals surface area (Å²) in [5.41, 5.74) is 3.78. The van der Waals surface area contributed by atoms with Gasteiger partial charge in [-0.05, 0) is 77.9 Å². The van der Waals surface area contributed by atoms with Crippen LogP contribution in [-0.2, 0) is 27.7 Å². The van der Waals surface area contributed by atoms with Gasteiger partial charge >= 0.3 is 0 Å². The van der Waals surface area contributed by atoms with Crippen LogP contribution in [0.15, 0.2) is 59.6 Å². The Morgan fingerprint density at radius 3 is 2.68 bits per heavy atom. The standard InChI is InChI=1S/C24H21NO5S/c1-15-9-18(25-13-20(15)16-3-2-4-19(10-16)31(27)28)12-23(26)24(7-8-24)17-5-6-21-22(11-17)30-14-29-21/h2-6,9-11,13H,7-8,12,14H2,1H3,(H,27,28)/p-1. The Bertz CT molecular complexity index is 1220. The molecule has 1 atom stereocenters. The average molecular weight is 434 g/mol. The van der Waals surface area contributed by atoms with Crippen LogP contribution in [-0.4, -0.2) is 26.3 Å². The Kier molecular flexibility index (Phi) is 4.87. The third-order valence-corrected chi connectivity index (χ3v) is 6.69. The Hall–Kier alpha value is -3.03. The van der Waals surface area contributed by atoms with Crippen LogP contribution in [0.1, 0.15) is 29.7 Å². The maximum atomic E-state index is 13.2. The number of carbonyl (C=O) groups excluding carboxylic acids is 1. The van der Waals surface area contributed by atoms with Gasteiger partial charge in [-0.1, -0.05) is 18.2 Å². The molecule has 5 rings (SSSR count). The molecule has 31 heavy (non-hydrogen) atoms. The molecule has 2 heterocycles. The molecule has 1 fully saturated rings. The summed E-state index contributed by atoms with van der Waals surface area (Å²) in [6.45, 7) is 2.15. The van der Waals surface area contributed by atoms with Gasteiger partial charge in [0.1, 0.15) is 5.78 Å². The molecule has 1 aromatic heterocycles. The molecule has 1 aliphatic carbocycles. The number of hydrogen-bond donors (Lipinski definition) is 0. The molecule has 0 saturated heterocycles. The van der Waals surface area contributed by atoms with E-state index in [1.54, 1.807) is 24.4 Å². The molecule has 0 N–H and O–H groups in total. The normalized spacial score (nSPS) is 16.7. The Morgan fingerprint density at radius 2 is 1.94 bits per heavy atom. The quantitative estimate of drug-likeness (QED) is 0.547. The summed E-state index contributed by atoms with van der Waals surface area (Å²) in [6.07, 6.45) is 3.61. The smallest absolute Gasteiger partial charge is 0.231 e.